The molecule has 0 amide bonds. The van der Waals surface area contributed by atoms with E-state index in [-0.39, 0.29) is 16.1 Å². The van der Waals surface area contributed by atoms with Crippen molar-refractivity contribution in [2.24, 2.45) is 0 Å². The molecule has 0 heterocycles. The van der Waals surface area contributed by atoms with Gasteiger partial charge in [0.15, 0.2) is 5.12 Å². The highest BCUT2D eigenvalue weighted by molar-refractivity contribution is 8.14. The number of thioether (sulfide) groups is 1. The van der Waals surface area contributed by atoms with Crippen molar-refractivity contribution in [2.45, 2.75) is 45.3 Å². The fourth-order valence-corrected chi connectivity index (χ4v) is 1.80. The van der Waals surface area contributed by atoms with Crippen molar-refractivity contribution >= 4 is 22.7 Å². The van der Waals surface area contributed by atoms with Gasteiger partial charge < -0.3 is 0 Å². The highest BCUT2D eigenvalue weighted by Crippen LogP contribution is 2.18. The molecule has 0 aromatic heterocycles. The fourth-order valence-electron chi connectivity index (χ4n) is 0.984. The molecule has 0 fully saturated rings. The van der Waals surface area contributed by atoms with Gasteiger partial charge in [-0.15, -0.1) is 0 Å². The van der Waals surface area contributed by atoms with E-state index >= 15 is 0 Å². The number of carbonyl (C=O) groups is 2. The molecule has 2 nitrogen and oxygen atoms in total. The Morgan fingerprint density at radius 1 is 1.33 bits per heavy atom. The molecule has 0 rings (SSSR count). The van der Waals surface area contributed by atoms with Gasteiger partial charge in [-0.05, 0) is 12.8 Å². The molecule has 0 saturated carbocycles. The van der Waals surface area contributed by atoms with Crippen LogP contribution in [0.25, 0.3) is 0 Å². The lowest BCUT2D eigenvalue weighted by atomic mass is 10.1. The Kier molecular flexibility index (Phi) is 6.07. The third kappa shape index (κ3) is 4.54. The third-order valence-corrected chi connectivity index (χ3v) is 2.75. The van der Waals surface area contributed by atoms with E-state index in [9.17, 15) is 9.59 Å². The van der Waals surface area contributed by atoms with E-state index in [2.05, 4.69) is 0 Å². The van der Waals surface area contributed by atoms with Gasteiger partial charge in [0, 0.05) is 13.3 Å². The van der Waals surface area contributed by atoms with Crippen LogP contribution in [0.1, 0.15) is 40.0 Å². The number of carbonyl (C=O) groups excluding carboxylic acids is 2. The highest BCUT2D eigenvalue weighted by atomic mass is 32.2. The van der Waals surface area contributed by atoms with Crippen LogP contribution in [0.15, 0.2) is 0 Å². The molecule has 0 aliphatic heterocycles. The van der Waals surface area contributed by atoms with Crippen LogP contribution in [0.3, 0.4) is 0 Å². The largest absolute Gasteiger partial charge is 0.298 e. The first kappa shape index (κ1) is 11.7. The van der Waals surface area contributed by atoms with Gasteiger partial charge in [-0.1, -0.05) is 25.6 Å². The molecule has 0 aliphatic rings. The Hall–Kier alpha value is -0.310. The molecule has 0 aromatic rings. The Bertz CT molecular complexity index is 166. The van der Waals surface area contributed by atoms with Crippen molar-refractivity contribution in [2.75, 3.05) is 0 Å². The zero-order valence-electron chi connectivity index (χ0n) is 7.92. The van der Waals surface area contributed by atoms with Crippen LogP contribution in [-0.2, 0) is 9.59 Å². The molecule has 0 bridgehead atoms. The van der Waals surface area contributed by atoms with Crippen LogP contribution in [0, 0.1) is 0 Å². The first-order chi connectivity index (χ1) is 5.61. The molecular formula is C9H16O2S. The minimum Gasteiger partial charge on any atom is -0.298 e. The predicted molar refractivity (Wildman–Crippen MR) is 52.3 cm³/mol. The summed E-state index contributed by atoms with van der Waals surface area (Å²) >= 11 is 1.16. The van der Waals surface area contributed by atoms with Gasteiger partial charge in [0.1, 0.15) is 5.78 Å². The van der Waals surface area contributed by atoms with E-state index in [1.54, 1.807) is 0 Å². The lowest BCUT2D eigenvalue weighted by molar-refractivity contribution is -0.119. The van der Waals surface area contributed by atoms with Gasteiger partial charge >= 0.3 is 0 Å². The summed E-state index contributed by atoms with van der Waals surface area (Å²) in [5, 5.41) is -0.0752. The van der Waals surface area contributed by atoms with Crippen molar-refractivity contribution < 1.29 is 9.59 Å². The van der Waals surface area contributed by atoms with Crippen LogP contribution >= 0.6 is 11.8 Å². The van der Waals surface area contributed by atoms with Gasteiger partial charge in [-0.25, -0.2) is 0 Å². The average molecular weight is 188 g/mol. The monoisotopic (exact) mass is 188 g/mol. The molecule has 70 valence electrons. The number of hydrogen-bond donors (Lipinski definition) is 0. The van der Waals surface area contributed by atoms with Crippen LogP contribution in [-0.4, -0.2) is 16.1 Å². The van der Waals surface area contributed by atoms with Crippen LogP contribution in [0.4, 0.5) is 0 Å². The normalized spacial score (nSPS) is 12.6. The summed E-state index contributed by atoms with van der Waals surface area (Å²) < 4.78 is 0. The number of hydrogen-bond acceptors (Lipinski definition) is 3. The maximum Gasteiger partial charge on any atom is 0.186 e. The van der Waals surface area contributed by atoms with Gasteiger partial charge in [0.05, 0.1) is 5.25 Å². The maximum atomic E-state index is 11.3. The Labute approximate surface area is 78.1 Å². The molecule has 3 heteroatoms. The second-order valence-electron chi connectivity index (χ2n) is 2.72. The highest BCUT2D eigenvalue weighted by Gasteiger charge is 2.17. The van der Waals surface area contributed by atoms with Crippen molar-refractivity contribution in [3.63, 3.8) is 0 Å². The quantitative estimate of drug-likeness (QED) is 0.664. The predicted octanol–water partition coefficient (Wildman–Crippen LogP) is 2.41. The summed E-state index contributed by atoms with van der Waals surface area (Å²) in [4.78, 5) is 22.1. The van der Waals surface area contributed by atoms with Crippen molar-refractivity contribution in [1.82, 2.24) is 0 Å². The summed E-state index contributed by atoms with van der Waals surface area (Å²) in [6.45, 7) is 5.42. The van der Waals surface area contributed by atoms with E-state index in [0.717, 1.165) is 24.6 Å². The smallest absolute Gasteiger partial charge is 0.186 e. The summed E-state index contributed by atoms with van der Waals surface area (Å²) in [7, 11) is 0. The number of rotatable bonds is 5. The fraction of sp³-hybridized carbons (Fsp3) is 0.778. The second kappa shape index (κ2) is 6.23. The minimum absolute atomic E-state index is 0.0336. The first-order valence-corrected chi connectivity index (χ1v) is 5.19. The summed E-state index contributed by atoms with van der Waals surface area (Å²) in [5.41, 5.74) is 0. The van der Waals surface area contributed by atoms with Crippen LogP contribution in [0.5, 0.6) is 0 Å². The van der Waals surface area contributed by atoms with Gasteiger partial charge in [-0.2, -0.15) is 0 Å². The summed E-state index contributed by atoms with van der Waals surface area (Å²) in [6.07, 6.45) is 2.22. The van der Waals surface area contributed by atoms with Crippen LogP contribution in [0.2, 0.25) is 0 Å². The Balaban J connectivity index is 3.96. The Morgan fingerprint density at radius 3 is 2.25 bits per heavy atom. The lowest BCUT2D eigenvalue weighted by Gasteiger charge is -2.09. The van der Waals surface area contributed by atoms with E-state index in [0.29, 0.717) is 6.42 Å². The molecule has 12 heavy (non-hydrogen) atoms. The van der Waals surface area contributed by atoms with Gasteiger partial charge in [0.2, 0.25) is 0 Å². The van der Waals surface area contributed by atoms with E-state index in [1.165, 1.54) is 6.92 Å². The topological polar surface area (TPSA) is 34.1 Å². The van der Waals surface area contributed by atoms with Crippen LogP contribution < -0.4 is 0 Å². The van der Waals surface area contributed by atoms with E-state index in [4.69, 9.17) is 0 Å². The summed E-state index contributed by atoms with van der Waals surface area (Å²) in [5.74, 6) is 0.209. The zero-order valence-corrected chi connectivity index (χ0v) is 8.74. The number of Topliss-reactive ketones (excluding diaryl/α,β-unsaturated/α-hetero) is 1. The molecule has 0 aliphatic carbocycles. The Morgan fingerprint density at radius 2 is 1.92 bits per heavy atom. The molecule has 0 N–H and O–H groups in total. The molecule has 0 saturated heterocycles. The molecule has 0 aromatic carbocycles. The number of ketones is 1. The van der Waals surface area contributed by atoms with E-state index < -0.39 is 0 Å². The van der Waals surface area contributed by atoms with E-state index in [1.807, 2.05) is 13.8 Å². The van der Waals surface area contributed by atoms with Crippen molar-refractivity contribution in [1.29, 1.82) is 0 Å². The average Bonchev–Trinajstić information content (AvgIpc) is 2.00. The summed E-state index contributed by atoms with van der Waals surface area (Å²) in [6, 6.07) is 0. The molecule has 1 unspecified atom stereocenters. The second-order valence-corrected chi connectivity index (χ2v) is 4.10. The van der Waals surface area contributed by atoms with Crippen molar-refractivity contribution in [3.05, 3.63) is 0 Å². The lowest BCUT2D eigenvalue weighted by Crippen LogP contribution is -2.17. The SMILES string of the molecule is CCCC(=O)C(CC)SC(C)=O. The standard InChI is InChI=1S/C9H16O2S/c1-4-6-8(11)9(5-2)12-7(3)10/h9H,4-6H2,1-3H3. The molecular weight excluding hydrogens is 172 g/mol. The molecule has 1 atom stereocenters. The minimum atomic E-state index is -0.109. The first-order valence-electron chi connectivity index (χ1n) is 4.31. The maximum absolute atomic E-state index is 11.3. The zero-order chi connectivity index (χ0) is 9.56. The van der Waals surface area contributed by atoms with Gasteiger partial charge in [0.25, 0.3) is 0 Å². The molecule has 0 radical (unpaired) electrons. The molecule has 0 spiro atoms. The third-order valence-electron chi connectivity index (χ3n) is 1.53. The van der Waals surface area contributed by atoms with Gasteiger partial charge in [-0.3, -0.25) is 9.59 Å². The van der Waals surface area contributed by atoms with Crippen molar-refractivity contribution in [3.8, 4) is 0 Å².